The van der Waals surface area contributed by atoms with Crippen LogP contribution in [-0.4, -0.2) is 24.6 Å². The van der Waals surface area contributed by atoms with E-state index in [4.69, 9.17) is 4.74 Å². The van der Waals surface area contributed by atoms with Gasteiger partial charge in [-0.05, 0) is 6.92 Å². The Labute approximate surface area is 76.3 Å². The quantitative estimate of drug-likeness (QED) is 0.607. The van der Waals surface area contributed by atoms with Gasteiger partial charge in [-0.25, -0.2) is 0 Å². The normalized spacial score (nSPS) is 15.5. The maximum absolute atomic E-state index is 11.0. The Bertz CT molecular complexity index is 279. The third-order valence-corrected chi connectivity index (χ3v) is 1.51. The summed E-state index contributed by atoms with van der Waals surface area (Å²) < 4.78 is 4.71. The molecule has 0 radical (unpaired) electrons. The van der Waals surface area contributed by atoms with Crippen LogP contribution in [0.1, 0.15) is 19.8 Å². The van der Waals surface area contributed by atoms with E-state index in [1.165, 1.54) is 12.3 Å². The Morgan fingerprint density at radius 1 is 1.69 bits per heavy atom. The van der Waals surface area contributed by atoms with Crippen molar-refractivity contribution < 1.29 is 14.3 Å². The van der Waals surface area contributed by atoms with Crippen molar-refractivity contribution in [3.05, 3.63) is 11.8 Å². The minimum atomic E-state index is -0.347. The van der Waals surface area contributed by atoms with Crippen LogP contribution in [0.2, 0.25) is 0 Å². The standard InChI is InChI=1S/C9H11NO3/c1-2-13-9(12)6-7-5-8(11)3-4-10-7/h4-5H,2-3,6H2,1H3. The average molecular weight is 181 g/mol. The summed E-state index contributed by atoms with van der Waals surface area (Å²) >= 11 is 0. The molecule has 0 atom stereocenters. The van der Waals surface area contributed by atoms with Gasteiger partial charge >= 0.3 is 5.97 Å². The zero-order valence-corrected chi connectivity index (χ0v) is 7.45. The van der Waals surface area contributed by atoms with Gasteiger partial charge in [-0.15, -0.1) is 0 Å². The molecule has 0 aliphatic carbocycles. The van der Waals surface area contributed by atoms with E-state index >= 15 is 0 Å². The molecule has 0 aromatic heterocycles. The summed E-state index contributed by atoms with van der Waals surface area (Å²) in [6.45, 7) is 2.09. The minimum Gasteiger partial charge on any atom is -0.466 e. The van der Waals surface area contributed by atoms with Crippen molar-refractivity contribution in [1.82, 2.24) is 0 Å². The molecule has 0 bridgehead atoms. The molecule has 1 rings (SSSR count). The lowest BCUT2D eigenvalue weighted by atomic mass is 10.2. The first-order valence-corrected chi connectivity index (χ1v) is 4.14. The maximum Gasteiger partial charge on any atom is 0.311 e. The van der Waals surface area contributed by atoms with Crippen molar-refractivity contribution in [3.63, 3.8) is 0 Å². The van der Waals surface area contributed by atoms with E-state index in [1.807, 2.05) is 0 Å². The maximum atomic E-state index is 11.0. The Hall–Kier alpha value is -1.45. The second kappa shape index (κ2) is 4.54. The predicted octanol–water partition coefficient (Wildman–Crippen LogP) is 0.867. The first-order chi connectivity index (χ1) is 6.22. The highest BCUT2D eigenvalue weighted by molar-refractivity contribution is 6.02. The van der Waals surface area contributed by atoms with Crippen LogP contribution < -0.4 is 0 Å². The molecular weight excluding hydrogens is 170 g/mol. The molecule has 4 heteroatoms. The second-order valence-electron chi connectivity index (χ2n) is 2.60. The van der Waals surface area contributed by atoms with Crippen molar-refractivity contribution in [1.29, 1.82) is 0 Å². The first kappa shape index (κ1) is 9.64. The zero-order valence-electron chi connectivity index (χ0n) is 7.45. The number of allylic oxidation sites excluding steroid dienone is 1. The van der Waals surface area contributed by atoms with Crippen molar-refractivity contribution in [3.8, 4) is 0 Å². The summed E-state index contributed by atoms with van der Waals surface area (Å²) in [5, 5.41) is 0. The van der Waals surface area contributed by atoms with E-state index in [1.54, 1.807) is 6.92 Å². The summed E-state index contributed by atoms with van der Waals surface area (Å²) in [5.74, 6) is -0.366. The number of ketones is 1. The zero-order chi connectivity index (χ0) is 9.68. The number of rotatable bonds is 3. The molecule has 4 nitrogen and oxygen atoms in total. The summed E-state index contributed by atoms with van der Waals surface area (Å²) in [6.07, 6.45) is 3.30. The van der Waals surface area contributed by atoms with Crippen LogP contribution in [0.5, 0.6) is 0 Å². The van der Waals surface area contributed by atoms with Crippen LogP contribution in [0.25, 0.3) is 0 Å². The van der Waals surface area contributed by atoms with Crippen molar-refractivity contribution in [2.24, 2.45) is 4.99 Å². The Balaban J connectivity index is 2.49. The van der Waals surface area contributed by atoms with E-state index < -0.39 is 0 Å². The number of carbonyl (C=O) groups excluding carboxylic acids is 2. The van der Waals surface area contributed by atoms with Gasteiger partial charge in [0.2, 0.25) is 0 Å². The molecule has 13 heavy (non-hydrogen) atoms. The van der Waals surface area contributed by atoms with Crippen LogP contribution in [0.4, 0.5) is 0 Å². The Kier molecular flexibility index (Phi) is 3.37. The Morgan fingerprint density at radius 3 is 3.08 bits per heavy atom. The lowest BCUT2D eigenvalue weighted by molar-refractivity contribution is -0.142. The summed E-state index contributed by atoms with van der Waals surface area (Å²) in [6, 6.07) is 0. The largest absolute Gasteiger partial charge is 0.466 e. The van der Waals surface area contributed by atoms with Gasteiger partial charge in [-0.1, -0.05) is 0 Å². The van der Waals surface area contributed by atoms with Crippen LogP contribution in [0, 0.1) is 0 Å². The molecule has 1 aliphatic rings. The molecule has 0 spiro atoms. The van der Waals surface area contributed by atoms with Crippen molar-refractivity contribution >= 4 is 18.0 Å². The van der Waals surface area contributed by atoms with Crippen LogP contribution in [-0.2, 0) is 14.3 Å². The topological polar surface area (TPSA) is 55.7 Å². The van der Waals surface area contributed by atoms with E-state index in [0.717, 1.165) is 0 Å². The highest BCUT2D eigenvalue weighted by Gasteiger charge is 2.10. The van der Waals surface area contributed by atoms with E-state index in [-0.39, 0.29) is 18.2 Å². The molecule has 0 saturated heterocycles. The second-order valence-corrected chi connectivity index (χ2v) is 2.60. The SMILES string of the molecule is CCOC(=O)CC1=CC(=O)CC=N1. The number of esters is 1. The number of ether oxygens (including phenoxy) is 1. The average Bonchev–Trinajstić information content (AvgIpc) is 2.04. The van der Waals surface area contributed by atoms with Crippen LogP contribution >= 0.6 is 0 Å². The monoisotopic (exact) mass is 181 g/mol. The third kappa shape index (κ3) is 3.19. The lowest BCUT2D eigenvalue weighted by Gasteiger charge is -2.04. The molecule has 0 N–H and O–H groups in total. The smallest absolute Gasteiger partial charge is 0.311 e. The fraction of sp³-hybridized carbons (Fsp3) is 0.444. The van der Waals surface area contributed by atoms with Gasteiger partial charge in [-0.3, -0.25) is 14.6 Å². The molecule has 0 aromatic rings. The fourth-order valence-corrected chi connectivity index (χ4v) is 0.991. The molecule has 1 heterocycles. The molecule has 0 fully saturated rings. The van der Waals surface area contributed by atoms with Crippen molar-refractivity contribution in [2.45, 2.75) is 19.8 Å². The molecule has 0 aromatic carbocycles. The number of hydrogen-bond acceptors (Lipinski definition) is 4. The van der Waals surface area contributed by atoms with Gasteiger partial charge in [-0.2, -0.15) is 0 Å². The highest BCUT2D eigenvalue weighted by Crippen LogP contribution is 2.09. The number of hydrogen-bond donors (Lipinski definition) is 0. The van der Waals surface area contributed by atoms with Gasteiger partial charge in [0.1, 0.15) is 0 Å². The molecule has 70 valence electrons. The Morgan fingerprint density at radius 2 is 2.46 bits per heavy atom. The van der Waals surface area contributed by atoms with Gasteiger partial charge in [0, 0.05) is 18.7 Å². The minimum absolute atomic E-state index is 0.0192. The van der Waals surface area contributed by atoms with Gasteiger partial charge in [0.25, 0.3) is 0 Å². The first-order valence-electron chi connectivity index (χ1n) is 4.14. The number of carbonyl (C=O) groups is 2. The molecule has 0 amide bonds. The predicted molar refractivity (Wildman–Crippen MR) is 47.4 cm³/mol. The molecule has 1 aliphatic heterocycles. The van der Waals surface area contributed by atoms with Crippen LogP contribution in [0.15, 0.2) is 16.8 Å². The van der Waals surface area contributed by atoms with E-state index in [2.05, 4.69) is 4.99 Å². The van der Waals surface area contributed by atoms with E-state index in [0.29, 0.717) is 18.7 Å². The lowest BCUT2D eigenvalue weighted by Crippen LogP contribution is -2.08. The molecular formula is C9H11NO3. The summed E-state index contributed by atoms with van der Waals surface area (Å²) in [7, 11) is 0. The number of aliphatic imine (C=N–C) groups is 1. The van der Waals surface area contributed by atoms with Gasteiger partial charge < -0.3 is 4.74 Å². The number of nitrogens with zero attached hydrogens (tertiary/aromatic N) is 1. The van der Waals surface area contributed by atoms with Gasteiger partial charge in [0.05, 0.1) is 18.7 Å². The third-order valence-electron chi connectivity index (χ3n) is 1.51. The molecule has 0 unspecified atom stereocenters. The molecule has 0 saturated carbocycles. The highest BCUT2D eigenvalue weighted by atomic mass is 16.5. The van der Waals surface area contributed by atoms with Crippen molar-refractivity contribution in [2.75, 3.05) is 6.61 Å². The fourth-order valence-electron chi connectivity index (χ4n) is 0.991. The van der Waals surface area contributed by atoms with E-state index in [9.17, 15) is 9.59 Å². The van der Waals surface area contributed by atoms with Crippen LogP contribution in [0.3, 0.4) is 0 Å². The van der Waals surface area contributed by atoms with Gasteiger partial charge in [0.15, 0.2) is 5.78 Å². The summed E-state index contributed by atoms with van der Waals surface area (Å²) in [5.41, 5.74) is 0.481. The summed E-state index contributed by atoms with van der Waals surface area (Å²) in [4.78, 5) is 25.8.